The Morgan fingerprint density at radius 2 is 1.88 bits per heavy atom. The molecule has 1 aliphatic carbocycles. The van der Waals surface area contributed by atoms with E-state index >= 15 is 0 Å². The third kappa shape index (κ3) is 3.33. The lowest BCUT2D eigenvalue weighted by Gasteiger charge is -2.42. The Kier molecular flexibility index (Phi) is 5.14. The first-order valence-electron chi connectivity index (χ1n) is 9.72. The molecule has 0 atom stereocenters. The molecule has 2 fully saturated rings. The van der Waals surface area contributed by atoms with Gasteiger partial charge in [0.05, 0.1) is 16.2 Å². The Bertz CT molecular complexity index is 808. The molecule has 1 aromatic carbocycles. The standard InChI is InChI=1S/C21H26ClN3O/c1-15(26)18-14-19(22)17-8-5-9-23-20(17)21(18)25-12-10-24(11-13-25)16-6-3-2-4-7-16/h5,8-9,14,16H,2-4,6-7,10-13H2,1H3. The van der Waals surface area contributed by atoms with Crippen molar-refractivity contribution in [3.63, 3.8) is 0 Å². The van der Waals surface area contributed by atoms with Crippen LogP contribution in [0.3, 0.4) is 0 Å². The van der Waals surface area contributed by atoms with E-state index in [9.17, 15) is 4.79 Å². The molecule has 4 rings (SSSR count). The Balaban J connectivity index is 1.63. The first-order chi connectivity index (χ1) is 12.6. The molecule has 2 aliphatic rings. The Morgan fingerprint density at radius 1 is 1.15 bits per heavy atom. The average Bonchev–Trinajstić information content (AvgIpc) is 2.69. The fraction of sp³-hybridized carbons (Fsp3) is 0.524. The lowest BCUT2D eigenvalue weighted by Crippen LogP contribution is -2.51. The highest BCUT2D eigenvalue weighted by Gasteiger charge is 2.28. The minimum absolute atomic E-state index is 0.0455. The third-order valence-electron chi connectivity index (χ3n) is 5.92. The Morgan fingerprint density at radius 3 is 2.58 bits per heavy atom. The van der Waals surface area contributed by atoms with Crippen molar-refractivity contribution in [3.05, 3.63) is 35.0 Å². The van der Waals surface area contributed by atoms with E-state index in [1.807, 2.05) is 18.2 Å². The highest BCUT2D eigenvalue weighted by Crippen LogP contribution is 2.36. The zero-order valence-electron chi connectivity index (χ0n) is 15.4. The van der Waals surface area contributed by atoms with Gasteiger partial charge < -0.3 is 4.90 Å². The largest absolute Gasteiger partial charge is 0.367 e. The van der Waals surface area contributed by atoms with Crippen molar-refractivity contribution in [2.75, 3.05) is 31.1 Å². The number of anilines is 1. The van der Waals surface area contributed by atoms with Gasteiger partial charge in [-0.15, -0.1) is 0 Å². The lowest BCUT2D eigenvalue weighted by atomic mass is 9.93. The smallest absolute Gasteiger partial charge is 0.162 e. The first-order valence-corrected chi connectivity index (χ1v) is 10.1. The lowest BCUT2D eigenvalue weighted by molar-refractivity contribution is 0.101. The van der Waals surface area contributed by atoms with Crippen LogP contribution in [0.1, 0.15) is 49.4 Å². The molecule has 1 saturated carbocycles. The third-order valence-corrected chi connectivity index (χ3v) is 6.23. The van der Waals surface area contributed by atoms with E-state index in [-0.39, 0.29) is 5.78 Å². The fourth-order valence-electron chi connectivity index (χ4n) is 4.53. The Hall–Kier alpha value is -1.65. The summed E-state index contributed by atoms with van der Waals surface area (Å²) in [5, 5.41) is 1.52. The second-order valence-electron chi connectivity index (χ2n) is 7.53. The summed E-state index contributed by atoms with van der Waals surface area (Å²) >= 11 is 6.42. The first kappa shape index (κ1) is 17.7. The van der Waals surface area contributed by atoms with Crippen molar-refractivity contribution in [1.29, 1.82) is 0 Å². The van der Waals surface area contributed by atoms with Crippen molar-refractivity contribution in [2.24, 2.45) is 0 Å². The maximum Gasteiger partial charge on any atom is 0.162 e. The van der Waals surface area contributed by atoms with Gasteiger partial charge in [0.25, 0.3) is 0 Å². The van der Waals surface area contributed by atoms with Gasteiger partial charge in [0, 0.05) is 49.4 Å². The van der Waals surface area contributed by atoms with Crippen molar-refractivity contribution in [2.45, 2.75) is 45.1 Å². The van der Waals surface area contributed by atoms with Crippen molar-refractivity contribution in [3.8, 4) is 0 Å². The molecule has 5 heteroatoms. The molecule has 1 aliphatic heterocycles. The summed E-state index contributed by atoms with van der Waals surface area (Å²) in [6, 6.07) is 6.44. The topological polar surface area (TPSA) is 36.4 Å². The van der Waals surface area contributed by atoms with Crippen LogP contribution in [-0.2, 0) is 0 Å². The van der Waals surface area contributed by atoms with Crippen LogP contribution < -0.4 is 4.90 Å². The maximum atomic E-state index is 12.3. The summed E-state index contributed by atoms with van der Waals surface area (Å²) in [5.41, 5.74) is 2.49. The van der Waals surface area contributed by atoms with E-state index in [1.54, 1.807) is 13.1 Å². The average molecular weight is 372 g/mol. The molecule has 2 aromatic rings. The number of carbonyl (C=O) groups is 1. The minimum Gasteiger partial charge on any atom is -0.367 e. The molecular formula is C21H26ClN3O. The van der Waals surface area contributed by atoms with Gasteiger partial charge in [-0.2, -0.15) is 0 Å². The number of Topliss-reactive ketones (excluding diaryl/α,β-unsaturated/α-hetero) is 1. The highest BCUT2D eigenvalue weighted by molar-refractivity contribution is 6.36. The van der Waals surface area contributed by atoms with Gasteiger partial charge in [-0.05, 0) is 38.0 Å². The zero-order valence-corrected chi connectivity index (χ0v) is 16.1. The number of fused-ring (bicyclic) bond motifs is 1. The number of ketones is 1. The van der Waals surface area contributed by atoms with Crippen molar-refractivity contribution in [1.82, 2.24) is 9.88 Å². The number of piperazine rings is 1. The quantitative estimate of drug-likeness (QED) is 0.742. The van der Waals surface area contributed by atoms with Gasteiger partial charge in [-0.25, -0.2) is 0 Å². The normalized spacial score (nSPS) is 19.8. The molecule has 1 aromatic heterocycles. The molecule has 138 valence electrons. The molecule has 2 heterocycles. The molecule has 0 N–H and O–H groups in total. The number of carbonyl (C=O) groups excluding carboxylic acids is 1. The second kappa shape index (κ2) is 7.53. The minimum atomic E-state index is 0.0455. The highest BCUT2D eigenvalue weighted by atomic mass is 35.5. The van der Waals surface area contributed by atoms with Crippen LogP contribution in [0.4, 0.5) is 5.69 Å². The van der Waals surface area contributed by atoms with E-state index in [0.29, 0.717) is 10.6 Å². The zero-order chi connectivity index (χ0) is 18.1. The van der Waals surface area contributed by atoms with Gasteiger partial charge in [0.2, 0.25) is 0 Å². The fourth-order valence-corrected chi connectivity index (χ4v) is 4.79. The molecule has 0 amide bonds. The van der Waals surface area contributed by atoms with Gasteiger partial charge in [-0.1, -0.05) is 30.9 Å². The van der Waals surface area contributed by atoms with Crippen LogP contribution in [0.2, 0.25) is 5.02 Å². The van der Waals surface area contributed by atoms with E-state index in [2.05, 4.69) is 14.8 Å². The Labute approximate surface area is 160 Å². The van der Waals surface area contributed by atoms with Crippen molar-refractivity contribution < 1.29 is 4.79 Å². The molecule has 4 nitrogen and oxygen atoms in total. The van der Waals surface area contributed by atoms with Gasteiger partial charge in [0.15, 0.2) is 5.78 Å². The number of nitrogens with zero attached hydrogens (tertiary/aromatic N) is 3. The van der Waals surface area contributed by atoms with Gasteiger partial charge in [0.1, 0.15) is 0 Å². The predicted octanol–water partition coefficient (Wildman–Crippen LogP) is 4.55. The summed E-state index contributed by atoms with van der Waals surface area (Å²) in [5.74, 6) is 0.0455. The summed E-state index contributed by atoms with van der Waals surface area (Å²) in [6.45, 7) is 5.59. The summed E-state index contributed by atoms with van der Waals surface area (Å²) in [4.78, 5) is 21.9. The van der Waals surface area contributed by atoms with Gasteiger partial charge in [-0.3, -0.25) is 14.7 Å². The van der Waals surface area contributed by atoms with Crippen LogP contribution in [0, 0.1) is 0 Å². The van der Waals surface area contributed by atoms with E-state index in [4.69, 9.17) is 11.6 Å². The number of benzene rings is 1. The van der Waals surface area contributed by atoms with Crippen molar-refractivity contribution >= 4 is 34.0 Å². The molecule has 0 spiro atoms. The molecule has 0 unspecified atom stereocenters. The number of halogens is 1. The molecule has 26 heavy (non-hydrogen) atoms. The number of hydrogen-bond acceptors (Lipinski definition) is 4. The van der Waals surface area contributed by atoms with Crippen LogP contribution >= 0.6 is 11.6 Å². The number of hydrogen-bond donors (Lipinski definition) is 0. The second-order valence-corrected chi connectivity index (χ2v) is 7.93. The molecule has 1 saturated heterocycles. The molecular weight excluding hydrogens is 346 g/mol. The summed E-state index contributed by atoms with van der Waals surface area (Å²) < 4.78 is 0. The molecule has 0 radical (unpaired) electrons. The van der Waals surface area contributed by atoms with Crippen LogP contribution in [-0.4, -0.2) is 47.9 Å². The predicted molar refractivity (Wildman–Crippen MR) is 107 cm³/mol. The van der Waals surface area contributed by atoms with Crippen LogP contribution in [0.25, 0.3) is 10.9 Å². The number of pyridine rings is 1. The number of aromatic nitrogens is 1. The SMILES string of the molecule is CC(=O)c1cc(Cl)c2cccnc2c1N1CCN(C2CCCCC2)CC1. The van der Waals surface area contributed by atoms with Crippen LogP contribution in [0.5, 0.6) is 0 Å². The number of rotatable bonds is 3. The maximum absolute atomic E-state index is 12.3. The van der Waals surface area contributed by atoms with Crippen LogP contribution in [0.15, 0.2) is 24.4 Å². The summed E-state index contributed by atoms with van der Waals surface area (Å²) in [6.07, 6.45) is 8.58. The van der Waals surface area contributed by atoms with E-state index in [0.717, 1.165) is 48.8 Å². The van der Waals surface area contributed by atoms with E-state index in [1.165, 1.54) is 32.1 Å². The van der Waals surface area contributed by atoms with E-state index < -0.39 is 0 Å². The summed E-state index contributed by atoms with van der Waals surface area (Å²) in [7, 11) is 0. The van der Waals surface area contributed by atoms with Gasteiger partial charge >= 0.3 is 0 Å². The monoisotopic (exact) mass is 371 g/mol. The molecule has 0 bridgehead atoms.